The van der Waals surface area contributed by atoms with Crippen molar-refractivity contribution in [2.24, 2.45) is 34.1 Å². The number of aliphatic imine (C=N–C) groups is 1. The van der Waals surface area contributed by atoms with Crippen molar-refractivity contribution < 1.29 is 0 Å². The lowest BCUT2D eigenvalue weighted by Crippen LogP contribution is -2.59. The Balaban J connectivity index is 1.12. The summed E-state index contributed by atoms with van der Waals surface area (Å²) in [6.45, 7) is 12.4. The van der Waals surface area contributed by atoms with Gasteiger partial charge in [-0.1, -0.05) is 147 Å². The molecule has 0 saturated heterocycles. The molecule has 3 aromatic rings. The van der Waals surface area contributed by atoms with Crippen molar-refractivity contribution in [2.45, 2.75) is 180 Å². The number of hydrogen-bond donors (Lipinski definition) is 1. The molecule has 3 aromatic carbocycles. The van der Waals surface area contributed by atoms with E-state index in [1.807, 2.05) is 0 Å². The monoisotopic (exact) mass is 753 g/mol. The number of guanidine groups is 1. The zero-order valence-corrected chi connectivity index (χ0v) is 35.6. The Bertz CT molecular complexity index is 1860. The SMILES string of the molecule is CCCCC1c2ccc(-c3cccc(C4CC5(C)CCCCC5C(CCC)C4CCC)c3)cc2N(C2=N[C@@H]3CCCCCCC3C3Nc4ccccc4N23)C1C. The lowest BCUT2D eigenvalue weighted by Gasteiger charge is -2.56. The van der Waals surface area contributed by atoms with Crippen LogP contribution in [0.2, 0.25) is 0 Å². The fourth-order valence-electron chi connectivity index (χ4n) is 13.6. The zero-order valence-electron chi connectivity index (χ0n) is 35.6. The number of nitrogens with one attached hydrogen (secondary N) is 1. The molecule has 300 valence electrons. The molecule has 3 aliphatic heterocycles. The van der Waals surface area contributed by atoms with E-state index in [1.165, 1.54) is 155 Å². The molecule has 0 bridgehead atoms. The van der Waals surface area contributed by atoms with Crippen LogP contribution in [-0.2, 0) is 0 Å². The number of fused-ring (bicyclic) bond motifs is 7. The summed E-state index contributed by atoms with van der Waals surface area (Å²) >= 11 is 0. The first-order chi connectivity index (χ1) is 27.4. The minimum absolute atomic E-state index is 0.266. The van der Waals surface area contributed by atoms with Crippen molar-refractivity contribution in [2.75, 3.05) is 15.1 Å². The van der Waals surface area contributed by atoms with Gasteiger partial charge in [0.05, 0.1) is 17.4 Å². The number of anilines is 3. The van der Waals surface area contributed by atoms with Crippen molar-refractivity contribution in [3.8, 4) is 11.1 Å². The second kappa shape index (κ2) is 16.2. The van der Waals surface area contributed by atoms with Gasteiger partial charge in [-0.3, -0.25) is 4.90 Å². The van der Waals surface area contributed by atoms with Gasteiger partial charge in [-0.2, -0.15) is 0 Å². The number of rotatable bonds is 9. The van der Waals surface area contributed by atoms with Gasteiger partial charge in [0, 0.05) is 23.6 Å². The van der Waals surface area contributed by atoms with Crippen molar-refractivity contribution >= 4 is 23.0 Å². The van der Waals surface area contributed by atoms with Crippen LogP contribution >= 0.6 is 0 Å². The molecule has 4 nitrogen and oxygen atoms in total. The topological polar surface area (TPSA) is 30.9 Å². The molecular weight excluding hydrogens is 681 g/mol. The Morgan fingerprint density at radius 1 is 0.732 bits per heavy atom. The number of unbranched alkanes of at least 4 members (excludes halogenated alkanes) is 1. The number of hydrogen-bond acceptors (Lipinski definition) is 4. The third-order valence-corrected chi connectivity index (χ3v) is 16.3. The van der Waals surface area contributed by atoms with Gasteiger partial charge in [0.2, 0.25) is 5.96 Å². The molecule has 10 atom stereocenters. The van der Waals surface area contributed by atoms with Crippen LogP contribution in [0.1, 0.15) is 173 Å². The van der Waals surface area contributed by atoms with E-state index >= 15 is 0 Å². The largest absolute Gasteiger partial charge is 0.363 e. The smallest absolute Gasteiger partial charge is 0.208 e. The highest BCUT2D eigenvalue weighted by atomic mass is 15.5. The summed E-state index contributed by atoms with van der Waals surface area (Å²) in [7, 11) is 0. The van der Waals surface area contributed by atoms with Gasteiger partial charge in [0.15, 0.2) is 0 Å². The summed E-state index contributed by atoms with van der Waals surface area (Å²) in [4.78, 5) is 11.2. The highest BCUT2D eigenvalue weighted by molar-refractivity contribution is 6.13. The van der Waals surface area contributed by atoms with Crippen LogP contribution in [0.5, 0.6) is 0 Å². The molecule has 0 amide bonds. The fraction of sp³-hybridized carbons (Fsp3) is 0.635. The highest BCUT2D eigenvalue weighted by Crippen LogP contribution is 2.61. The van der Waals surface area contributed by atoms with Gasteiger partial charge in [0.1, 0.15) is 6.17 Å². The Hall–Kier alpha value is -3.27. The first-order valence-electron chi connectivity index (χ1n) is 23.7. The Kier molecular flexibility index (Phi) is 11.0. The summed E-state index contributed by atoms with van der Waals surface area (Å²) in [5.74, 6) is 5.46. The van der Waals surface area contributed by atoms with E-state index in [2.05, 4.69) is 116 Å². The maximum atomic E-state index is 5.89. The Morgan fingerprint density at radius 2 is 1.52 bits per heavy atom. The van der Waals surface area contributed by atoms with Crippen LogP contribution in [0.15, 0.2) is 71.7 Å². The van der Waals surface area contributed by atoms with Crippen LogP contribution in [0.4, 0.5) is 17.1 Å². The molecule has 6 aliphatic rings. The first-order valence-corrected chi connectivity index (χ1v) is 23.7. The molecule has 9 rings (SSSR count). The maximum absolute atomic E-state index is 5.89. The van der Waals surface area contributed by atoms with Crippen LogP contribution in [0.3, 0.4) is 0 Å². The van der Waals surface area contributed by atoms with Crippen LogP contribution in [-0.4, -0.2) is 24.2 Å². The summed E-state index contributed by atoms with van der Waals surface area (Å²) in [5.41, 5.74) is 10.3. The molecular formula is C52H72N4. The molecule has 9 unspecified atom stereocenters. The number of benzene rings is 3. The van der Waals surface area contributed by atoms with Gasteiger partial charge < -0.3 is 10.2 Å². The normalized spacial score (nSPS) is 33.6. The van der Waals surface area contributed by atoms with E-state index in [-0.39, 0.29) is 6.17 Å². The molecule has 3 fully saturated rings. The van der Waals surface area contributed by atoms with Gasteiger partial charge in [-0.15, -0.1) is 0 Å². The van der Waals surface area contributed by atoms with Crippen molar-refractivity contribution in [1.82, 2.24) is 0 Å². The molecule has 3 aliphatic carbocycles. The van der Waals surface area contributed by atoms with Gasteiger partial charge in [-0.25, -0.2) is 4.99 Å². The molecule has 3 saturated carbocycles. The second-order valence-corrected chi connectivity index (χ2v) is 19.6. The third kappa shape index (κ3) is 6.71. The van der Waals surface area contributed by atoms with Crippen molar-refractivity contribution in [3.63, 3.8) is 0 Å². The predicted octanol–water partition coefficient (Wildman–Crippen LogP) is 14.3. The van der Waals surface area contributed by atoms with E-state index in [0.29, 0.717) is 35.3 Å². The Morgan fingerprint density at radius 3 is 2.36 bits per heavy atom. The molecule has 1 N–H and O–H groups in total. The number of para-hydroxylation sites is 2. The third-order valence-electron chi connectivity index (χ3n) is 16.3. The van der Waals surface area contributed by atoms with Crippen molar-refractivity contribution in [1.29, 1.82) is 0 Å². The molecule has 4 heteroatoms. The lowest BCUT2D eigenvalue weighted by molar-refractivity contribution is -0.0390. The van der Waals surface area contributed by atoms with E-state index in [9.17, 15) is 0 Å². The summed E-state index contributed by atoms with van der Waals surface area (Å²) in [6.07, 6.45) is 24.3. The van der Waals surface area contributed by atoms with Gasteiger partial charge in [0.25, 0.3) is 0 Å². The molecule has 56 heavy (non-hydrogen) atoms. The average Bonchev–Trinajstić information content (AvgIpc) is 3.72. The highest BCUT2D eigenvalue weighted by Gasteiger charge is 2.52. The average molecular weight is 753 g/mol. The minimum Gasteiger partial charge on any atom is -0.363 e. The lowest BCUT2D eigenvalue weighted by atomic mass is 9.49. The molecule has 0 aromatic heterocycles. The minimum atomic E-state index is 0.266. The number of nitrogens with zero attached hydrogens (tertiary/aromatic N) is 3. The van der Waals surface area contributed by atoms with E-state index in [0.717, 1.165) is 17.8 Å². The molecule has 0 spiro atoms. The van der Waals surface area contributed by atoms with E-state index in [1.54, 1.807) is 5.56 Å². The van der Waals surface area contributed by atoms with E-state index in [4.69, 9.17) is 4.99 Å². The maximum Gasteiger partial charge on any atom is 0.208 e. The van der Waals surface area contributed by atoms with Crippen LogP contribution in [0.25, 0.3) is 11.1 Å². The molecule has 0 radical (unpaired) electrons. The van der Waals surface area contributed by atoms with Crippen LogP contribution in [0, 0.1) is 29.1 Å². The quantitative estimate of drug-likeness (QED) is 0.236. The van der Waals surface area contributed by atoms with E-state index < -0.39 is 0 Å². The second-order valence-electron chi connectivity index (χ2n) is 19.6. The Labute approximate surface area is 340 Å². The summed E-state index contributed by atoms with van der Waals surface area (Å²) < 4.78 is 0. The zero-order chi connectivity index (χ0) is 38.4. The van der Waals surface area contributed by atoms with Gasteiger partial charge >= 0.3 is 0 Å². The van der Waals surface area contributed by atoms with Crippen molar-refractivity contribution in [3.05, 3.63) is 77.9 Å². The predicted molar refractivity (Wildman–Crippen MR) is 239 cm³/mol. The summed E-state index contributed by atoms with van der Waals surface area (Å²) in [6, 6.07) is 27.3. The summed E-state index contributed by atoms with van der Waals surface area (Å²) in [5, 5.41) is 4.06. The first kappa shape index (κ1) is 38.3. The standard InChI is InChI=1S/C52H72N4/c1-6-9-23-39-35(4)55(51-54-46-26-13-11-10-12-24-43(46)50-53-47-27-14-15-28-48(47)56(50)51)49-33-37(29-30-42(39)49)36-21-18-22-38(32-36)44-34-52(5)31-17-16-25-45(52)41(20-8-3)40(44)19-7-2/h14-15,18,21-22,27-30,32-33,35,39-41,43-46,50,53H,6-13,16-17,19-20,23-26,31,34H2,1-5H3/t35?,39?,40?,41?,43?,44?,45?,46-,50?,52?/m1/s1. The van der Waals surface area contributed by atoms with Gasteiger partial charge in [-0.05, 0) is 121 Å². The van der Waals surface area contributed by atoms with Crippen LogP contribution < -0.4 is 15.1 Å². The fourth-order valence-corrected chi connectivity index (χ4v) is 13.6. The molecule has 3 heterocycles.